The first kappa shape index (κ1) is 17.0. The number of amides is 1. The van der Waals surface area contributed by atoms with Crippen LogP contribution in [0.25, 0.3) is 0 Å². The van der Waals surface area contributed by atoms with Gasteiger partial charge in [0, 0.05) is 25.2 Å². The molecule has 0 saturated heterocycles. The van der Waals surface area contributed by atoms with E-state index in [4.69, 9.17) is 5.26 Å². The second kappa shape index (κ2) is 7.07. The zero-order valence-electron chi connectivity index (χ0n) is 13.4. The van der Waals surface area contributed by atoms with Gasteiger partial charge in [0.25, 0.3) is 5.56 Å². The van der Waals surface area contributed by atoms with E-state index in [0.29, 0.717) is 18.4 Å². The summed E-state index contributed by atoms with van der Waals surface area (Å²) in [5.41, 5.74) is 2.07. The minimum absolute atomic E-state index is 0.0767. The number of carbonyl (C=O) groups excluding carboxylic acids is 1. The molecule has 21 heavy (non-hydrogen) atoms. The van der Waals surface area contributed by atoms with Crippen molar-refractivity contribution in [3.05, 3.63) is 32.7 Å². The molecular formula is C16H23N3O2. The first-order valence-corrected chi connectivity index (χ1v) is 7.21. The van der Waals surface area contributed by atoms with Crippen LogP contribution in [0.1, 0.15) is 49.1 Å². The van der Waals surface area contributed by atoms with Crippen LogP contribution >= 0.6 is 0 Å². The lowest BCUT2D eigenvalue weighted by Crippen LogP contribution is -2.34. The summed E-state index contributed by atoms with van der Waals surface area (Å²) in [6.07, 6.45) is 1.82. The first-order chi connectivity index (χ1) is 9.83. The third-order valence-electron chi connectivity index (χ3n) is 4.15. The second-order valence-corrected chi connectivity index (χ2v) is 5.43. The topological polar surface area (TPSA) is 77.0 Å². The summed E-state index contributed by atoms with van der Waals surface area (Å²) in [5.74, 6) is 0.0767. The minimum Gasteiger partial charge on any atom is -0.343 e. The van der Waals surface area contributed by atoms with Gasteiger partial charge in [0.15, 0.2) is 0 Å². The van der Waals surface area contributed by atoms with Crippen LogP contribution in [0, 0.1) is 25.2 Å². The van der Waals surface area contributed by atoms with Crippen LogP contribution in [0.15, 0.2) is 4.79 Å². The number of aromatic amines is 1. The van der Waals surface area contributed by atoms with Crippen molar-refractivity contribution in [3.8, 4) is 6.07 Å². The normalized spacial score (nSPS) is 11.8. The Hall–Kier alpha value is -2.09. The van der Waals surface area contributed by atoms with E-state index in [1.165, 1.54) is 0 Å². The highest BCUT2D eigenvalue weighted by atomic mass is 16.2. The van der Waals surface area contributed by atoms with Gasteiger partial charge in [-0.2, -0.15) is 5.26 Å². The maximum absolute atomic E-state index is 12.1. The quantitative estimate of drug-likeness (QED) is 0.901. The van der Waals surface area contributed by atoms with E-state index in [9.17, 15) is 9.59 Å². The summed E-state index contributed by atoms with van der Waals surface area (Å²) in [7, 11) is 1.81. The SMILES string of the molecule is CCC(C)N(C)C(=O)CCc1c(C)[nH]c(=O)c(C#N)c1C. The number of rotatable bonds is 5. The minimum atomic E-state index is -0.362. The van der Waals surface area contributed by atoms with Gasteiger partial charge in [-0.05, 0) is 44.7 Å². The highest BCUT2D eigenvalue weighted by Gasteiger charge is 2.17. The fourth-order valence-electron chi connectivity index (χ4n) is 2.35. The molecule has 1 heterocycles. The number of carbonyl (C=O) groups is 1. The highest BCUT2D eigenvalue weighted by molar-refractivity contribution is 5.76. The maximum Gasteiger partial charge on any atom is 0.266 e. The van der Waals surface area contributed by atoms with Gasteiger partial charge in [-0.3, -0.25) is 9.59 Å². The van der Waals surface area contributed by atoms with E-state index in [-0.39, 0.29) is 23.1 Å². The molecule has 1 aromatic rings. The molecule has 1 unspecified atom stereocenters. The van der Waals surface area contributed by atoms with Crippen molar-refractivity contribution < 1.29 is 4.79 Å². The summed E-state index contributed by atoms with van der Waals surface area (Å²) < 4.78 is 0. The number of nitriles is 1. The summed E-state index contributed by atoms with van der Waals surface area (Å²) in [6.45, 7) is 7.62. The molecule has 5 heteroatoms. The van der Waals surface area contributed by atoms with E-state index < -0.39 is 0 Å². The molecule has 0 aliphatic carbocycles. The van der Waals surface area contributed by atoms with E-state index in [1.54, 1.807) is 18.7 Å². The molecule has 1 rings (SSSR count). The van der Waals surface area contributed by atoms with Gasteiger partial charge in [0.05, 0.1) is 0 Å². The van der Waals surface area contributed by atoms with Crippen molar-refractivity contribution in [2.75, 3.05) is 7.05 Å². The number of pyridine rings is 1. The molecule has 0 aromatic carbocycles. The average molecular weight is 289 g/mol. The van der Waals surface area contributed by atoms with E-state index >= 15 is 0 Å². The molecule has 1 atom stereocenters. The largest absolute Gasteiger partial charge is 0.343 e. The molecule has 0 aliphatic rings. The monoisotopic (exact) mass is 289 g/mol. The molecule has 0 radical (unpaired) electrons. The molecule has 0 saturated carbocycles. The molecule has 0 fully saturated rings. The van der Waals surface area contributed by atoms with Crippen LogP contribution < -0.4 is 5.56 Å². The smallest absolute Gasteiger partial charge is 0.266 e. The highest BCUT2D eigenvalue weighted by Crippen LogP contribution is 2.16. The zero-order chi connectivity index (χ0) is 16.2. The number of hydrogen-bond acceptors (Lipinski definition) is 3. The van der Waals surface area contributed by atoms with Crippen LogP contribution in [0.2, 0.25) is 0 Å². The predicted molar refractivity (Wildman–Crippen MR) is 82.1 cm³/mol. The van der Waals surface area contributed by atoms with Crippen molar-refractivity contribution in [2.24, 2.45) is 0 Å². The molecular weight excluding hydrogens is 266 g/mol. The van der Waals surface area contributed by atoms with Gasteiger partial charge in [-0.25, -0.2) is 0 Å². The van der Waals surface area contributed by atoms with E-state index in [1.807, 2.05) is 27.0 Å². The van der Waals surface area contributed by atoms with Gasteiger partial charge in [-0.1, -0.05) is 6.92 Å². The Morgan fingerprint density at radius 2 is 2.05 bits per heavy atom. The third-order valence-corrected chi connectivity index (χ3v) is 4.15. The molecule has 0 bridgehead atoms. The Labute approximate surface area is 125 Å². The van der Waals surface area contributed by atoms with Gasteiger partial charge in [-0.15, -0.1) is 0 Å². The lowest BCUT2D eigenvalue weighted by molar-refractivity contribution is -0.131. The fraction of sp³-hybridized carbons (Fsp3) is 0.562. The second-order valence-electron chi connectivity index (χ2n) is 5.43. The number of nitrogens with one attached hydrogen (secondary N) is 1. The fourth-order valence-corrected chi connectivity index (χ4v) is 2.35. The predicted octanol–water partition coefficient (Wildman–Crippen LogP) is 2.05. The van der Waals surface area contributed by atoms with Crippen molar-refractivity contribution in [2.45, 2.75) is 53.0 Å². The molecule has 0 spiro atoms. The Morgan fingerprint density at radius 3 is 2.57 bits per heavy atom. The maximum atomic E-state index is 12.1. The molecule has 1 N–H and O–H groups in total. The molecule has 1 amide bonds. The lowest BCUT2D eigenvalue weighted by atomic mass is 9.98. The van der Waals surface area contributed by atoms with Crippen LogP contribution in [-0.4, -0.2) is 28.9 Å². The molecule has 1 aromatic heterocycles. The lowest BCUT2D eigenvalue weighted by Gasteiger charge is -2.24. The third kappa shape index (κ3) is 3.72. The summed E-state index contributed by atoms with van der Waals surface area (Å²) in [6, 6.07) is 2.14. The molecule has 5 nitrogen and oxygen atoms in total. The zero-order valence-corrected chi connectivity index (χ0v) is 13.4. The average Bonchev–Trinajstić information content (AvgIpc) is 2.45. The number of nitrogens with zero attached hydrogens (tertiary/aromatic N) is 2. The first-order valence-electron chi connectivity index (χ1n) is 7.21. The van der Waals surface area contributed by atoms with E-state index in [2.05, 4.69) is 4.98 Å². The standard InChI is InChI=1S/C16H23N3O2/c1-6-10(2)19(5)15(20)8-7-13-11(3)14(9-17)16(21)18-12(13)4/h10H,6-8H2,1-5H3,(H,18,21). The number of aryl methyl sites for hydroxylation is 1. The molecule has 0 aliphatic heterocycles. The summed E-state index contributed by atoms with van der Waals surface area (Å²) >= 11 is 0. The van der Waals surface area contributed by atoms with Crippen molar-refractivity contribution in [3.63, 3.8) is 0 Å². The van der Waals surface area contributed by atoms with E-state index in [0.717, 1.165) is 17.7 Å². The van der Waals surface area contributed by atoms with Gasteiger partial charge in [0.1, 0.15) is 11.6 Å². The van der Waals surface area contributed by atoms with Crippen LogP contribution in [0.4, 0.5) is 0 Å². The Kier molecular flexibility index (Phi) is 5.71. The van der Waals surface area contributed by atoms with Crippen molar-refractivity contribution in [1.82, 2.24) is 9.88 Å². The van der Waals surface area contributed by atoms with Crippen LogP contribution in [-0.2, 0) is 11.2 Å². The Bertz CT molecular complexity index is 626. The Morgan fingerprint density at radius 1 is 1.43 bits per heavy atom. The number of aromatic nitrogens is 1. The Balaban J connectivity index is 2.93. The van der Waals surface area contributed by atoms with Crippen molar-refractivity contribution >= 4 is 5.91 Å². The number of H-pyrrole nitrogens is 1. The molecule has 114 valence electrons. The van der Waals surface area contributed by atoms with Gasteiger partial charge >= 0.3 is 0 Å². The van der Waals surface area contributed by atoms with Gasteiger partial charge in [0.2, 0.25) is 5.91 Å². The summed E-state index contributed by atoms with van der Waals surface area (Å²) in [4.78, 5) is 28.2. The number of hydrogen-bond donors (Lipinski definition) is 1. The van der Waals surface area contributed by atoms with Gasteiger partial charge < -0.3 is 9.88 Å². The van der Waals surface area contributed by atoms with Crippen LogP contribution in [0.3, 0.4) is 0 Å². The summed E-state index contributed by atoms with van der Waals surface area (Å²) in [5, 5.41) is 9.04. The van der Waals surface area contributed by atoms with Crippen molar-refractivity contribution in [1.29, 1.82) is 5.26 Å². The van der Waals surface area contributed by atoms with Crippen LogP contribution in [0.5, 0.6) is 0 Å².